The largest absolute Gasteiger partial charge is 0.445 e. The molecule has 1 aromatic carbocycles. The molecule has 4 heteroatoms. The summed E-state index contributed by atoms with van der Waals surface area (Å²) in [6, 6.07) is 10.3. The van der Waals surface area contributed by atoms with E-state index in [1.165, 1.54) is 25.7 Å². The Labute approximate surface area is 114 Å². The van der Waals surface area contributed by atoms with Crippen LogP contribution in [-0.2, 0) is 11.3 Å². The van der Waals surface area contributed by atoms with Gasteiger partial charge in [0.1, 0.15) is 6.61 Å². The zero-order chi connectivity index (χ0) is 13.3. The molecule has 0 heterocycles. The third-order valence-corrected chi connectivity index (χ3v) is 3.40. The summed E-state index contributed by atoms with van der Waals surface area (Å²) >= 11 is 0. The molecule has 1 amide bonds. The number of hydrogen-bond acceptors (Lipinski definition) is 3. The van der Waals surface area contributed by atoms with Crippen molar-refractivity contribution in [1.82, 2.24) is 10.6 Å². The average Bonchev–Trinajstić information content (AvgIpc) is 2.96. The molecule has 0 aromatic heterocycles. The summed E-state index contributed by atoms with van der Waals surface area (Å²) in [6.45, 7) is 1.75. The minimum atomic E-state index is -0.350. The third-order valence-electron chi connectivity index (χ3n) is 3.40. The molecule has 0 radical (unpaired) electrons. The minimum absolute atomic E-state index is 0.322. The topological polar surface area (TPSA) is 50.4 Å². The zero-order valence-corrected chi connectivity index (χ0v) is 11.2. The highest BCUT2D eigenvalue weighted by Crippen LogP contribution is 2.16. The number of hydrogen-bond donors (Lipinski definition) is 2. The maximum atomic E-state index is 11.5. The van der Waals surface area contributed by atoms with Crippen LogP contribution >= 0.6 is 0 Å². The van der Waals surface area contributed by atoms with Crippen LogP contribution in [0.4, 0.5) is 4.79 Å². The van der Waals surface area contributed by atoms with Crippen LogP contribution in [0.1, 0.15) is 31.2 Å². The number of amides is 1. The number of carbonyl (C=O) groups excluding carboxylic acids is 1. The van der Waals surface area contributed by atoms with Gasteiger partial charge in [0.2, 0.25) is 0 Å². The summed E-state index contributed by atoms with van der Waals surface area (Å²) in [5.74, 6) is 0. The minimum Gasteiger partial charge on any atom is -0.445 e. The highest BCUT2D eigenvalue weighted by atomic mass is 16.5. The van der Waals surface area contributed by atoms with E-state index >= 15 is 0 Å². The number of alkyl carbamates (subject to hydrolysis) is 1. The first-order valence-corrected chi connectivity index (χ1v) is 7.02. The van der Waals surface area contributed by atoms with Crippen LogP contribution in [0.15, 0.2) is 30.3 Å². The van der Waals surface area contributed by atoms with Gasteiger partial charge in [-0.05, 0) is 18.4 Å². The monoisotopic (exact) mass is 262 g/mol. The predicted molar refractivity (Wildman–Crippen MR) is 74.9 cm³/mol. The van der Waals surface area contributed by atoms with Crippen molar-refractivity contribution in [2.75, 3.05) is 13.1 Å². The van der Waals surface area contributed by atoms with Gasteiger partial charge in [0, 0.05) is 19.1 Å². The third kappa shape index (κ3) is 5.30. The molecule has 2 rings (SSSR count). The van der Waals surface area contributed by atoms with Crippen molar-refractivity contribution in [1.29, 1.82) is 0 Å². The first-order chi connectivity index (χ1) is 9.34. The average molecular weight is 262 g/mol. The lowest BCUT2D eigenvalue weighted by atomic mass is 10.2. The van der Waals surface area contributed by atoms with Gasteiger partial charge in [0.25, 0.3) is 0 Å². The van der Waals surface area contributed by atoms with Crippen molar-refractivity contribution in [3.05, 3.63) is 35.9 Å². The molecular weight excluding hydrogens is 240 g/mol. The number of benzene rings is 1. The van der Waals surface area contributed by atoms with Gasteiger partial charge in [0.05, 0.1) is 0 Å². The SMILES string of the molecule is O=C(NCCNC1CCCC1)OCc1ccccc1. The van der Waals surface area contributed by atoms with E-state index in [0.717, 1.165) is 12.1 Å². The van der Waals surface area contributed by atoms with E-state index < -0.39 is 0 Å². The van der Waals surface area contributed by atoms with Crippen molar-refractivity contribution in [2.24, 2.45) is 0 Å². The second-order valence-electron chi connectivity index (χ2n) is 4.92. The Morgan fingerprint density at radius 3 is 2.63 bits per heavy atom. The normalized spacial score (nSPS) is 15.4. The van der Waals surface area contributed by atoms with Gasteiger partial charge in [-0.25, -0.2) is 4.79 Å². The molecule has 0 bridgehead atoms. The number of rotatable bonds is 6. The van der Waals surface area contributed by atoms with Crippen LogP contribution in [0.2, 0.25) is 0 Å². The Hall–Kier alpha value is -1.55. The summed E-state index contributed by atoms with van der Waals surface area (Å²) in [5, 5.41) is 6.19. The highest BCUT2D eigenvalue weighted by molar-refractivity contribution is 5.67. The predicted octanol–water partition coefficient (Wildman–Crippen LogP) is 2.45. The van der Waals surface area contributed by atoms with Gasteiger partial charge in [0.15, 0.2) is 0 Å². The standard InChI is InChI=1S/C15H22N2O2/c18-15(19-12-13-6-2-1-3-7-13)17-11-10-16-14-8-4-5-9-14/h1-3,6-7,14,16H,4-5,8-12H2,(H,17,18). The van der Waals surface area contributed by atoms with Gasteiger partial charge in [-0.2, -0.15) is 0 Å². The fraction of sp³-hybridized carbons (Fsp3) is 0.533. The van der Waals surface area contributed by atoms with Crippen molar-refractivity contribution >= 4 is 6.09 Å². The van der Waals surface area contributed by atoms with Gasteiger partial charge < -0.3 is 15.4 Å². The molecule has 104 valence electrons. The Morgan fingerprint density at radius 2 is 1.89 bits per heavy atom. The quantitative estimate of drug-likeness (QED) is 0.774. The van der Waals surface area contributed by atoms with Crippen LogP contribution in [0, 0.1) is 0 Å². The fourth-order valence-electron chi connectivity index (χ4n) is 2.34. The molecule has 2 N–H and O–H groups in total. The number of ether oxygens (including phenoxy) is 1. The summed E-state index contributed by atoms with van der Waals surface area (Å²) in [6.07, 6.45) is 4.82. The Kier molecular flexibility index (Phi) is 5.69. The van der Waals surface area contributed by atoms with Crippen LogP contribution in [0.5, 0.6) is 0 Å². The molecule has 1 fully saturated rings. The number of nitrogens with one attached hydrogen (secondary N) is 2. The van der Waals surface area contributed by atoms with Gasteiger partial charge in [-0.1, -0.05) is 43.2 Å². The van der Waals surface area contributed by atoms with Crippen molar-refractivity contribution in [2.45, 2.75) is 38.3 Å². The Balaban J connectivity index is 1.52. The number of carbonyl (C=O) groups is 1. The van der Waals surface area contributed by atoms with Gasteiger partial charge in [-0.3, -0.25) is 0 Å². The fourth-order valence-corrected chi connectivity index (χ4v) is 2.34. The summed E-state index contributed by atoms with van der Waals surface area (Å²) < 4.78 is 5.12. The summed E-state index contributed by atoms with van der Waals surface area (Å²) in [7, 11) is 0. The lowest BCUT2D eigenvalue weighted by Gasteiger charge is -2.12. The second-order valence-corrected chi connectivity index (χ2v) is 4.92. The van der Waals surface area contributed by atoms with Crippen molar-refractivity contribution in [3.63, 3.8) is 0 Å². The maximum absolute atomic E-state index is 11.5. The second kappa shape index (κ2) is 7.79. The lowest BCUT2D eigenvalue weighted by molar-refractivity contribution is 0.139. The van der Waals surface area contributed by atoms with E-state index in [0.29, 0.717) is 19.2 Å². The van der Waals surface area contributed by atoms with Gasteiger partial charge >= 0.3 is 6.09 Å². The summed E-state index contributed by atoms with van der Waals surface area (Å²) in [4.78, 5) is 11.5. The molecule has 0 spiro atoms. The first-order valence-electron chi connectivity index (χ1n) is 7.02. The molecule has 0 atom stereocenters. The Bertz CT molecular complexity index is 375. The molecule has 0 aliphatic heterocycles. The zero-order valence-electron chi connectivity index (χ0n) is 11.2. The van der Waals surface area contributed by atoms with E-state index in [2.05, 4.69) is 10.6 Å². The van der Waals surface area contributed by atoms with Gasteiger partial charge in [-0.15, -0.1) is 0 Å². The molecule has 1 aromatic rings. The molecule has 1 aliphatic carbocycles. The highest BCUT2D eigenvalue weighted by Gasteiger charge is 2.13. The van der Waals surface area contributed by atoms with E-state index in [4.69, 9.17) is 4.74 Å². The smallest absolute Gasteiger partial charge is 0.407 e. The molecular formula is C15H22N2O2. The molecule has 0 saturated heterocycles. The molecule has 1 saturated carbocycles. The lowest BCUT2D eigenvalue weighted by Crippen LogP contribution is -2.36. The van der Waals surface area contributed by atoms with Crippen LogP contribution in [0.3, 0.4) is 0 Å². The van der Waals surface area contributed by atoms with Crippen molar-refractivity contribution < 1.29 is 9.53 Å². The Morgan fingerprint density at radius 1 is 1.16 bits per heavy atom. The van der Waals surface area contributed by atoms with Crippen LogP contribution in [0.25, 0.3) is 0 Å². The molecule has 4 nitrogen and oxygen atoms in total. The van der Waals surface area contributed by atoms with E-state index in [1.807, 2.05) is 30.3 Å². The van der Waals surface area contributed by atoms with E-state index in [1.54, 1.807) is 0 Å². The van der Waals surface area contributed by atoms with Crippen LogP contribution in [-0.4, -0.2) is 25.2 Å². The summed E-state index contributed by atoms with van der Waals surface area (Å²) in [5.41, 5.74) is 1.00. The first kappa shape index (κ1) is 13.9. The van der Waals surface area contributed by atoms with Crippen molar-refractivity contribution in [3.8, 4) is 0 Å². The van der Waals surface area contributed by atoms with E-state index in [-0.39, 0.29) is 6.09 Å². The maximum Gasteiger partial charge on any atom is 0.407 e. The van der Waals surface area contributed by atoms with Crippen LogP contribution < -0.4 is 10.6 Å². The molecule has 1 aliphatic rings. The molecule has 0 unspecified atom stereocenters. The molecule has 19 heavy (non-hydrogen) atoms. The van der Waals surface area contributed by atoms with E-state index in [9.17, 15) is 4.79 Å².